The molecule has 1 N–H and O–H groups in total. The number of carbonyl (C=O) groups excluding carboxylic acids is 1. The molecule has 0 aliphatic carbocycles. The topological polar surface area (TPSA) is 38.3 Å². The van der Waals surface area contributed by atoms with E-state index >= 15 is 0 Å². The van der Waals surface area contributed by atoms with Crippen molar-refractivity contribution in [1.29, 1.82) is 0 Å². The van der Waals surface area contributed by atoms with Crippen molar-refractivity contribution in [2.24, 2.45) is 0 Å². The summed E-state index contributed by atoms with van der Waals surface area (Å²) in [4.78, 5) is 11.1. The van der Waals surface area contributed by atoms with Crippen LogP contribution < -0.4 is 5.32 Å². The minimum atomic E-state index is -0.219. The maximum Gasteiger partial charge on any atom is 0.322 e. The lowest BCUT2D eigenvalue weighted by molar-refractivity contribution is -0.143. The van der Waals surface area contributed by atoms with Gasteiger partial charge >= 0.3 is 5.97 Å². The number of methoxy groups -OCH3 is 1. The van der Waals surface area contributed by atoms with Crippen molar-refractivity contribution in [3.8, 4) is 0 Å². The van der Waals surface area contributed by atoms with Crippen molar-refractivity contribution in [1.82, 2.24) is 5.32 Å². The summed E-state index contributed by atoms with van der Waals surface area (Å²) in [6.07, 6.45) is 2.48. The molecule has 0 bridgehead atoms. The van der Waals surface area contributed by atoms with Crippen molar-refractivity contribution in [2.45, 2.75) is 32.4 Å². The van der Waals surface area contributed by atoms with Crippen LogP contribution in [0.1, 0.15) is 20.3 Å². The number of rotatable bonds is 5. The lowest BCUT2D eigenvalue weighted by Gasteiger charge is -2.17. The predicted octanol–water partition coefficient (Wildman–Crippen LogP) is 1.10. The Morgan fingerprint density at radius 2 is 2.33 bits per heavy atom. The second-order valence-electron chi connectivity index (χ2n) is 2.68. The molecule has 12 heavy (non-hydrogen) atoms. The molecule has 2 unspecified atom stereocenters. The number of ether oxygens (including phenoxy) is 1. The molecule has 0 aliphatic rings. The molecule has 0 spiro atoms. The van der Waals surface area contributed by atoms with Gasteiger partial charge in [-0.15, -0.1) is 6.58 Å². The molecule has 0 heterocycles. The van der Waals surface area contributed by atoms with Gasteiger partial charge in [-0.25, -0.2) is 0 Å². The van der Waals surface area contributed by atoms with E-state index in [0.717, 1.165) is 6.42 Å². The molecular formula is C9H17NO2. The number of carbonyl (C=O) groups is 1. The van der Waals surface area contributed by atoms with Crippen molar-refractivity contribution >= 4 is 5.97 Å². The number of esters is 1. The molecule has 0 amide bonds. The Morgan fingerprint density at radius 3 is 2.67 bits per heavy atom. The van der Waals surface area contributed by atoms with Crippen LogP contribution in [0.15, 0.2) is 12.7 Å². The minimum absolute atomic E-state index is 0.133. The molecule has 3 nitrogen and oxygen atoms in total. The summed E-state index contributed by atoms with van der Waals surface area (Å²) >= 11 is 0. The molecule has 0 radical (unpaired) electrons. The third-order valence-corrected chi connectivity index (χ3v) is 1.71. The molecule has 0 saturated heterocycles. The predicted molar refractivity (Wildman–Crippen MR) is 48.9 cm³/mol. The lowest BCUT2D eigenvalue weighted by Crippen LogP contribution is -2.41. The van der Waals surface area contributed by atoms with E-state index in [9.17, 15) is 4.79 Å². The molecule has 0 rings (SSSR count). The molecule has 0 aliphatic heterocycles. The highest BCUT2D eigenvalue weighted by atomic mass is 16.5. The van der Waals surface area contributed by atoms with E-state index in [-0.39, 0.29) is 18.1 Å². The molecule has 0 aromatic heterocycles. The van der Waals surface area contributed by atoms with Crippen LogP contribution in [0.3, 0.4) is 0 Å². The average molecular weight is 171 g/mol. The van der Waals surface area contributed by atoms with E-state index < -0.39 is 0 Å². The van der Waals surface area contributed by atoms with E-state index in [1.165, 1.54) is 7.11 Å². The number of nitrogens with one attached hydrogen (secondary N) is 1. The summed E-state index contributed by atoms with van der Waals surface area (Å²) in [6, 6.07) is -0.0861. The Labute approximate surface area is 73.8 Å². The van der Waals surface area contributed by atoms with Gasteiger partial charge in [0.25, 0.3) is 0 Å². The molecule has 0 aromatic rings. The van der Waals surface area contributed by atoms with Crippen LogP contribution in [0.5, 0.6) is 0 Å². The van der Waals surface area contributed by atoms with Gasteiger partial charge in [0, 0.05) is 6.04 Å². The van der Waals surface area contributed by atoms with Crippen LogP contribution >= 0.6 is 0 Å². The van der Waals surface area contributed by atoms with Crippen molar-refractivity contribution in [2.75, 3.05) is 7.11 Å². The Kier molecular flexibility index (Phi) is 5.37. The van der Waals surface area contributed by atoms with Crippen LogP contribution in [-0.2, 0) is 9.53 Å². The largest absolute Gasteiger partial charge is 0.468 e. The molecular weight excluding hydrogens is 154 g/mol. The standard InChI is InChI=1S/C9H17NO2/c1-5-7(3)10-8(6-2)9(11)12-4/h5,7-8,10H,1,6H2,2-4H3. The zero-order chi connectivity index (χ0) is 9.56. The van der Waals surface area contributed by atoms with Gasteiger partial charge < -0.3 is 4.74 Å². The second-order valence-corrected chi connectivity index (χ2v) is 2.68. The third kappa shape index (κ3) is 3.53. The van der Waals surface area contributed by atoms with Gasteiger partial charge in [0.05, 0.1) is 7.11 Å². The molecule has 0 fully saturated rings. The van der Waals surface area contributed by atoms with Gasteiger partial charge in [-0.1, -0.05) is 13.0 Å². The molecule has 2 atom stereocenters. The van der Waals surface area contributed by atoms with Crippen molar-refractivity contribution in [3.63, 3.8) is 0 Å². The van der Waals surface area contributed by atoms with E-state index in [2.05, 4.69) is 16.6 Å². The summed E-state index contributed by atoms with van der Waals surface area (Å²) in [5.41, 5.74) is 0. The average Bonchev–Trinajstić information content (AvgIpc) is 2.12. The van der Waals surface area contributed by atoms with Gasteiger partial charge in [0.15, 0.2) is 0 Å². The molecule has 70 valence electrons. The minimum Gasteiger partial charge on any atom is -0.468 e. The van der Waals surface area contributed by atoms with Crippen LogP contribution in [0, 0.1) is 0 Å². The third-order valence-electron chi connectivity index (χ3n) is 1.71. The summed E-state index contributed by atoms with van der Waals surface area (Å²) in [5, 5.41) is 3.07. The van der Waals surface area contributed by atoms with Gasteiger partial charge in [-0.05, 0) is 13.3 Å². The van der Waals surface area contributed by atoms with E-state index in [1.807, 2.05) is 13.8 Å². The highest BCUT2D eigenvalue weighted by Crippen LogP contribution is 1.96. The summed E-state index contributed by atoms with van der Waals surface area (Å²) < 4.78 is 4.61. The summed E-state index contributed by atoms with van der Waals surface area (Å²) in [7, 11) is 1.39. The molecule has 3 heteroatoms. The normalized spacial score (nSPS) is 14.9. The highest BCUT2D eigenvalue weighted by molar-refractivity contribution is 5.75. The van der Waals surface area contributed by atoms with Gasteiger partial charge in [-0.2, -0.15) is 0 Å². The van der Waals surface area contributed by atoms with Gasteiger partial charge in [0.2, 0.25) is 0 Å². The maximum atomic E-state index is 11.1. The first-order valence-electron chi connectivity index (χ1n) is 4.12. The lowest BCUT2D eigenvalue weighted by atomic mass is 10.2. The second kappa shape index (κ2) is 5.77. The van der Waals surface area contributed by atoms with Crippen LogP contribution in [0.25, 0.3) is 0 Å². The fourth-order valence-corrected chi connectivity index (χ4v) is 0.880. The Morgan fingerprint density at radius 1 is 1.75 bits per heavy atom. The van der Waals surface area contributed by atoms with Crippen molar-refractivity contribution < 1.29 is 9.53 Å². The Hall–Kier alpha value is -0.830. The van der Waals surface area contributed by atoms with Crippen LogP contribution in [-0.4, -0.2) is 25.2 Å². The summed E-state index contributed by atoms with van der Waals surface area (Å²) in [5.74, 6) is -0.216. The van der Waals surface area contributed by atoms with Crippen LogP contribution in [0.4, 0.5) is 0 Å². The van der Waals surface area contributed by atoms with E-state index in [1.54, 1.807) is 6.08 Å². The number of hydrogen-bond acceptors (Lipinski definition) is 3. The quantitative estimate of drug-likeness (QED) is 0.497. The first-order valence-corrected chi connectivity index (χ1v) is 4.12. The zero-order valence-corrected chi connectivity index (χ0v) is 7.96. The SMILES string of the molecule is C=CC(C)NC(CC)C(=O)OC. The zero-order valence-electron chi connectivity index (χ0n) is 7.96. The first-order chi connectivity index (χ1) is 5.65. The molecule has 0 aromatic carbocycles. The number of hydrogen-bond donors (Lipinski definition) is 1. The van der Waals surface area contributed by atoms with Gasteiger partial charge in [-0.3, -0.25) is 10.1 Å². The van der Waals surface area contributed by atoms with Crippen molar-refractivity contribution in [3.05, 3.63) is 12.7 Å². The highest BCUT2D eigenvalue weighted by Gasteiger charge is 2.16. The first kappa shape index (κ1) is 11.2. The van der Waals surface area contributed by atoms with Gasteiger partial charge in [0.1, 0.15) is 6.04 Å². The smallest absolute Gasteiger partial charge is 0.322 e. The summed E-state index contributed by atoms with van der Waals surface area (Å²) in [6.45, 7) is 7.50. The Balaban J connectivity index is 3.98. The molecule has 0 saturated carbocycles. The fraction of sp³-hybridized carbons (Fsp3) is 0.667. The van der Waals surface area contributed by atoms with Crippen LogP contribution in [0.2, 0.25) is 0 Å². The maximum absolute atomic E-state index is 11.1. The Bertz CT molecular complexity index is 157. The monoisotopic (exact) mass is 171 g/mol. The van der Waals surface area contributed by atoms with E-state index in [4.69, 9.17) is 0 Å². The fourth-order valence-electron chi connectivity index (χ4n) is 0.880. The van der Waals surface area contributed by atoms with E-state index in [0.29, 0.717) is 0 Å².